The number of hydrogen-bond acceptors (Lipinski definition) is 5. The maximum atomic E-state index is 12.4. The van der Waals surface area contributed by atoms with Crippen LogP contribution in [0.25, 0.3) is 21.2 Å². The van der Waals surface area contributed by atoms with Crippen LogP contribution in [-0.2, 0) is 0 Å². The van der Waals surface area contributed by atoms with Crippen LogP contribution in [-0.4, -0.2) is 10.9 Å². The molecular weight excluding hydrogens is 348 g/mol. The molecule has 0 bridgehead atoms. The molecule has 2 aromatic carbocycles. The first-order chi connectivity index (χ1) is 11.6. The largest absolute Gasteiger partial charge is 0.422 e. The van der Waals surface area contributed by atoms with Crippen LogP contribution in [0.5, 0.6) is 0 Å². The molecule has 4 rings (SSSR count). The molecule has 0 aliphatic carbocycles. The van der Waals surface area contributed by atoms with Crippen molar-refractivity contribution < 1.29 is 9.21 Å². The first-order valence-electron chi connectivity index (χ1n) is 7.00. The smallest absolute Gasteiger partial charge is 0.349 e. The minimum Gasteiger partial charge on any atom is -0.422 e. The van der Waals surface area contributed by atoms with E-state index < -0.39 is 11.5 Å². The van der Waals surface area contributed by atoms with Gasteiger partial charge in [-0.05, 0) is 36.4 Å². The number of benzene rings is 2. The Bertz CT molecular complexity index is 1120. The van der Waals surface area contributed by atoms with Gasteiger partial charge in [-0.1, -0.05) is 35.1 Å². The number of thiazole rings is 1. The first-order valence-corrected chi connectivity index (χ1v) is 8.20. The molecule has 118 valence electrons. The van der Waals surface area contributed by atoms with Crippen LogP contribution >= 0.6 is 22.9 Å². The monoisotopic (exact) mass is 356 g/mol. The van der Waals surface area contributed by atoms with Crippen molar-refractivity contribution in [2.24, 2.45) is 0 Å². The minimum absolute atomic E-state index is 0.0935. The molecule has 0 unspecified atom stereocenters. The third-order valence-electron chi connectivity index (χ3n) is 3.45. The van der Waals surface area contributed by atoms with Gasteiger partial charge in [0.25, 0.3) is 5.91 Å². The predicted molar refractivity (Wildman–Crippen MR) is 95.1 cm³/mol. The van der Waals surface area contributed by atoms with Gasteiger partial charge < -0.3 is 4.42 Å². The summed E-state index contributed by atoms with van der Waals surface area (Å²) in [5.41, 5.74) is 0.364. The average molecular weight is 357 g/mol. The molecule has 2 heterocycles. The van der Waals surface area contributed by atoms with E-state index in [2.05, 4.69) is 10.3 Å². The molecule has 0 fully saturated rings. The summed E-state index contributed by atoms with van der Waals surface area (Å²) in [6.07, 6.45) is 0. The highest BCUT2D eigenvalue weighted by molar-refractivity contribution is 7.22. The molecule has 0 radical (unpaired) electrons. The number of rotatable bonds is 2. The molecule has 2 aromatic heterocycles. The number of halogens is 1. The normalized spacial score (nSPS) is 11.0. The van der Waals surface area contributed by atoms with Crippen molar-refractivity contribution in [1.29, 1.82) is 0 Å². The number of amides is 1. The van der Waals surface area contributed by atoms with Gasteiger partial charge in [-0.25, -0.2) is 9.78 Å². The van der Waals surface area contributed by atoms with Crippen LogP contribution in [0.4, 0.5) is 5.13 Å². The lowest BCUT2D eigenvalue weighted by atomic mass is 10.2. The highest BCUT2D eigenvalue weighted by Crippen LogP contribution is 2.26. The summed E-state index contributed by atoms with van der Waals surface area (Å²) in [6.45, 7) is 0. The maximum absolute atomic E-state index is 12.4. The van der Waals surface area contributed by atoms with E-state index in [0.29, 0.717) is 21.1 Å². The number of nitrogens with zero attached hydrogens (tertiary/aromatic N) is 1. The van der Waals surface area contributed by atoms with Gasteiger partial charge in [-0.3, -0.25) is 10.1 Å². The molecule has 0 aliphatic rings. The second kappa shape index (κ2) is 5.74. The number of hydrogen-bond donors (Lipinski definition) is 1. The zero-order valence-electron chi connectivity index (χ0n) is 12.1. The third kappa shape index (κ3) is 2.66. The fourth-order valence-corrected chi connectivity index (χ4v) is 3.38. The van der Waals surface area contributed by atoms with Crippen LogP contribution in [0.15, 0.2) is 57.7 Å². The summed E-state index contributed by atoms with van der Waals surface area (Å²) in [7, 11) is 0. The molecule has 7 heteroatoms. The Morgan fingerprint density at radius 1 is 1.17 bits per heavy atom. The summed E-state index contributed by atoms with van der Waals surface area (Å²) in [5, 5.41) is 4.14. The van der Waals surface area contributed by atoms with Gasteiger partial charge in [0.05, 0.1) is 10.2 Å². The van der Waals surface area contributed by atoms with Crippen molar-refractivity contribution in [3.05, 3.63) is 69.5 Å². The fraction of sp³-hybridized carbons (Fsp3) is 0. The summed E-state index contributed by atoms with van der Waals surface area (Å²) < 4.78 is 6.12. The van der Waals surface area contributed by atoms with Crippen molar-refractivity contribution in [1.82, 2.24) is 4.98 Å². The molecule has 0 saturated carbocycles. The van der Waals surface area contributed by atoms with Gasteiger partial charge >= 0.3 is 5.63 Å². The summed E-state index contributed by atoms with van der Waals surface area (Å²) in [4.78, 5) is 28.8. The molecule has 0 atom stereocenters. The number of nitrogens with one attached hydrogen (secondary N) is 1. The predicted octanol–water partition coefficient (Wildman–Crippen LogP) is 4.31. The minimum atomic E-state index is -0.705. The summed E-state index contributed by atoms with van der Waals surface area (Å²) >= 11 is 7.27. The van der Waals surface area contributed by atoms with E-state index in [4.69, 9.17) is 16.0 Å². The highest BCUT2D eigenvalue weighted by Gasteiger charge is 2.16. The molecule has 4 aromatic rings. The van der Waals surface area contributed by atoms with Crippen molar-refractivity contribution in [3.8, 4) is 0 Å². The number of fused-ring (bicyclic) bond motifs is 2. The third-order valence-corrected chi connectivity index (χ3v) is 4.64. The van der Waals surface area contributed by atoms with Crippen LogP contribution in [0, 0.1) is 0 Å². The van der Waals surface area contributed by atoms with Crippen molar-refractivity contribution >= 4 is 55.2 Å². The number of anilines is 1. The average Bonchev–Trinajstić information content (AvgIpc) is 2.96. The topological polar surface area (TPSA) is 72.2 Å². The maximum Gasteiger partial charge on any atom is 0.349 e. The second-order valence-corrected chi connectivity index (χ2v) is 6.54. The number of aromatic nitrogens is 1. The zero-order valence-corrected chi connectivity index (χ0v) is 13.6. The van der Waals surface area contributed by atoms with E-state index in [-0.39, 0.29) is 5.56 Å². The molecular formula is C17H9ClN2O3S. The zero-order chi connectivity index (χ0) is 16.7. The van der Waals surface area contributed by atoms with Crippen molar-refractivity contribution in [2.75, 3.05) is 5.32 Å². The molecule has 5 nitrogen and oxygen atoms in total. The summed E-state index contributed by atoms with van der Waals surface area (Å²) in [5.74, 6) is -0.565. The first kappa shape index (κ1) is 14.9. The van der Waals surface area contributed by atoms with Crippen molar-refractivity contribution in [3.63, 3.8) is 0 Å². The molecule has 24 heavy (non-hydrogen) atoms. The van der Waals surface area contributed by atoms with Crippen LogP contribution in [0.2, 0.25) is 5.02 Å². The van der Waals surface area contributed by atoms with E-state index in [9.17, 15) is 9.59 Å². The van der Waals surface area contributed by atoms with E-state index in [1.807, 2.05) is 24.3 Å². The van der Waals surface area contributed by atoms with Gasteiger partial charge in [0.2, 0.25) is 0 Å². The Kier molecular flexibility index (Phi) is 3.55. The standard InChI is InChI=1S/C17H9ClN2O3S/c18-10-5-6-13-9(7-10)8-11(16(22)23-13)15(21)20-17-19-12-3-1-2-4-14(12)24-17/h1-8H,(H,19,20,21). The van der Waals surface area contributed by atoms with Gasteiger partial charge in [0.15, 0.2) is 5.13 Å². The van der Waals surface area contributed by atoms with Gasteiger partial charge in [-0.15, -0.1) is 0 Å². The Hall–Kier alpha value is -2.70. The van der Waals surface area contributed by atoms with Crippen LogP contribution in [0.3, 0.4) is 0 Å². The van der Waals surface area contributed by atoms with Gasteiger partial charge in [-0.2, -0.15) is 0 Å². The number of carbonyl (C=O) groups is 1. The lowest BCUT2D eigenvalue weighted by molar-refractivity contribution is 0.102. The fourth-order valence-electron chi connectivity index (χ4n) is 2.34. The van der Waals surface area contributed by atoms with E-state index in [1.54, 1.807) is 18.2 Å². The molecule has 0 aliphatic heterocycles. The Morgan fingerprint density at radius 2 is 2.00 bits per heavy atom. The quantitative estimate of drug-likeness (QED) is 0.543. The van der Waals surface area contributed by atoms with E-state index in [0.717, 1.165) is 10.2 Å². The van der Waals surface area contributed by atoms with Gasteiger partial charge in [0.1, 0.15) is 11.1 Å². The molecule has 0 saturated heterocycles. The summed E-state index contributed by atoms with van der Waals surface area (Å²) in [6, 6.07) is 13.8. The molecule has 0 spiro atoms. The number of para-hydroxylation sites is 1. The van der Waals surface area contributed by atoms with Crippen molar-refractivity contribution in [2.45, 2.75) is 0 Å². The van der Waals surface area contributed by atoms with Gasteiger partial charge in [0, 0.05) is 10.4 Å². The van der Waals surface area contributed by atoms with Crippen LogP contribution in [0.1, 0.15) is 10.4 Å². The van der Waals surface area contributed by atoms with E-state index in [1.165, 1.54) is 17.4 Å². The van der Waals surface area contributed by atoms with Crippen LogP contribution < -0.4 is 10.9 Å². The number of carbonyl (C=O) groups excluding carboxylic acids is 1. The Balaban J connectivity index is 1.72. The Labute approximate surface area is 144 Å². The second-order valence-electron chi connectivity index (χ2n) is 5.07. The SMILES string of the molecule is O=C(Nc1nc2ccccc2s1)c1cc2cc(Cl)ccc2oc1=O. The Morgan fingerprint density at radius 3 is 2.83 bits per heavy atom. The molecule has 1 N–H and O–H groups in total. The lowest BCUT2D eigenvalue weighted by Crippen LogP contribution is -2.20. The lowest BCUT2D eigenvalue weighted by Gasteiger charge is -2.02. The highest BCUT2D eigenvalue weighted by atomic mass is 35.5. The van der Waals surface area contributed by atoms with E-state index >= 15 is 0 Å². The molecule has 1 amide bonds.